The molecule has 1 aromatic heterocycles. The van der Waals surface area contributed by atoms with Gasteiger partial charge >= 0.3 is 5.97 Å². The molecular weight excluding hydrogens is 513 g/mol. The monoisotopic (exact) mass is 545 g/mol. The molecule has 2 rings (SSSR count). The number of aryl methyl sites for hydroxylation is 1. The summed E-state index contributed by atoms with van der Waals surface area (Å²) < 4.78 is 5.10. The summed E-state index contributed by atoms with van der Waals surface area (Å²) in [7, 11) is 5.86. The summed E-state index contributed by atoms with van der Waals surface area (Å²) in [6.07, 6.45) is 0. The van der Waals surface area contributed by atoms with Crippen molar-refractivity contribution >= 4 is 47.2 Å². The SMILES string of the molecule is CCOC(=O)c1sc(C(C)NC(=NC)NCc2cccc(CN(C)C)c2)nc1C.I. The fraction of sp³-hybridized carbons (Fsp3) is 0.476. The molecule has 30 heavy (non-hydrogen) atoms. The van der Waals surface area contributed by atoms with Crippen LogP contribution in [0.2, 0.25) is 0 Å². The number of nitrogens with zero attached hydrogens (tertiary/aromatic N) is 3. The van der Waals surface area contributed by atoms with Crippen LogP contribution < -0.4 is 10.6 Å². The normalized spacial score (nSPS) is 12.3. The number of carbonyl (C=O) groups excluding carboxylic acids is 1. The Labute approximate surface area is 200 Å². The molecule has 0 fully saturated rings. The van der Waals surface area contributed by atoms with Crippen molar-refractivity contribution in [2.24, 2.45) is 4.99 Å². The molecule has 1 aromatic carbocycles. The maximum Gasteiger partial charge on any atom is 0.350 e. The van der Waals surface area contributed by atoms with E-state index >= 15 is 0 Å². The van der Waals surface area contributed by atoms with Crippen LogP contribution in [0.5, 0.6) is 0 Å². The number of guanidine groups is 1. The molecule has 0 radical (unpaired) electrons. The fourth-order valence-corrected chi connectivity index (χ4v) is 3.80. The summed E-state index contributed by atoms with van der Waals surface area (Å²) in [5, 5.41) is 7.50. The number of aromatic nitrogens is 1. The van der Waals surface area contributed by atoms with E-state index in [-0.39, 0.29) is 36.0 Å². The average Bonchev–Trinajstić information content (AvgIpc) is 3.07. The van der Waals surface area contributed by atoms with Crippen LogP contribution in [0, 0.1) is 6.92 Å². The highest BCUT2D eigenvalue weighted by molar-refractivity contribution is 14.0. The Morgan fingerprint density at radius 3 is 2.67 bits per heavy atom. The molecule has 0 saturated carbocycles. The van der Waals surface area contributed by atoms with Crippen LogP contribution in [0.3, 0.4) is 0 Å². The second-order valence-corrected chi connectivity index (χ2v) is 8.07. The van der Waals surface area contributed by atoms with Gasteiger partial charge in [-0.05, 0) is 46.0 Å². The third kappa shape index (κ3) is 7.84. The van der Waals surface area contributed by atoms with Crippen molar-refractivity contribution in [1.82, 2.24) is 20.5 Å². The van der Waals surface area contributed by atoms with E-state index in [2.05, 4.69) is 63.9 Å². The van der Waals surface area contributed by atoms with Crippen LogP contribution in [0.15, 0.2) is 29.3 Å². The summed E-state index contributed by atoms with van der Waals surface area (Å²) in [6, 6.07) is 8.40. The predicted octanol–water partition coefficient (Wildman–Crippen LogP) is 3.73. The van der Waals surface area contributed by atoms with E-state index in [1.54, 1.807) is 14.0 Å². The molecule has 1 unspecified atom stereocenters. The molecule has 0 saturated heterocycles. The van der Waals surface area contributed by atoms with E-state index in [0.29, 0.717) is 29.7 Å². The van der Waals surface area contributed by atoms with E-state index in [9.17, 15) is 4.79 Å². The van der Waals surface area contributed by atoms with Crippen LogP contribution in [-0.2, 0) is 17.8 Å². The molecule has 0 bridgehead atoms. The number of benzene rings is 1. The summed E-state index contributed by atoms with van der Waals surface area (Å²) in [4.78, 5) is 23.6. The lowest BCUT2D eigenvalue weighted by atomic mass is 10.1. The van der Waals surface area contributed by atoms with Crippen molar-refractivity contribution in [1.29, 1.82) is 0 Å². The Balaban J connectivity index is 0.00000450. The second kappa shape index (κ2) is 12.9. The Hall–Kier alpha value is -1.72. The van der Waals surface area contributed by atoms with Gasteiger partial charge in [0.05, 0.1) is 18.3 Å². The standard InChI is InChI=1S/C21H31N5O2S.HI/c1-7-28-20(27)18-14(2)24-19(29-18)15(3)25-21(22-4)23-12-16-9-8-10-17(11-16)13-26(5)6;/h8-11,15H,7,12-13H2,1-6H3,(H2,22,23,25);1H. The van der Waals surface area contributed by atoms with Crippen LogP contribution in [-0.4, -0.2) is 49.6 Å². The number of esters is 1. The summed E-state index contributed by atoms with van der Waals surface area (Å²) >= 11 is 1.35. The molecule has 2 aromatic rings. The van der Waals surface area contributed by atoms with Gasteiger partial charge in [-0.3, -0.25) is 4.99 Å². The number of nitrogens with one attached hydrogen (secondary N) is 2. The molecule has 166 valence electrons. The van der Waals surface area contributed by atoms with Gasteiger partial charge in [-0.25, -0.2) is 9.78 Å². The zero-order valence-electron chi connectivity index (χ0n) is 18.5. The van der Waals surface area contributed by atoms with E-state index in [1.807, 2.05) is 13.8 Å². The first kappa shape index (κ1) is 26.3. The Morgan fingerprint density at radius 2 is 2.03 bits per heavy atom. The molecular formula is C21H32IN5O2S. The number of carbonyl (C=O) groups is 1. The molecule has 2 N–H and O–H groups in total. The highest BCUT2D eigenvalue weighted by Crippen LogP contribution is 2.24. The average molecular weight is 545 g/mol. The minimum Gasteiger partial charge on any atom is -0.462 e. The molecule has 0 aliphatic heterocycles. The van der Waals surface area contributed by atoms with Gasteiger partial charge in [0.2, 0.25) is 0 Å². The number of thiazole rings is 1. The lowest BCUT2D eigenvalue weighted by Gasteiger charge is -2.17. The van der Waals surface area contributed by atoms with Crippen LogP contribution in [0.1, 0.15) is 51.4 Å². The van der Waals surface area contributed by atoms with Gasteiger partial charge in [-0.15, -0.1) is 35.3 Å². The third-order valence-electron chi connectivity index (χ3n) is 4.17. The van der Waals surface area contributed by atoms with E-state index in [0.717, 1.165) is 11.6 Å². The predicted molar refractivity (Wildman–Crippen MR) is 134 cm³/mol. The van der Waals surface area contributed by atoms with Crippen molar-refractivity contribution in [2.75, 3.05) is 27.7 Å². The molecule has 1 atom stereocenters. The van der Waals surface area contributed by atoms with E-state index < -0.39 is 0 Å². The first-order chi connectivity index (χ1) is 13.8. The molecule has 0 aliphatic carbocycles. The molecule has 9 heteroatoms. The maximum atomic E-state index is 12.0. The van der Waals surface area contributed by atoms with Gasteiger partial charge in [0.15, 0.2) is 5.96 Å². The van der Waals surface area contributed by atoms with Gasteiger partial charge in [-0.1, -0.05) is 24.3 Å². The quantitative estimate of drug-likeness (QED) is 0.228. The topological polar surface area (TPSA) is 78.8 Å². The zero-order valence-corrected chi connectivity index (χ0v) is 21.6. The zero-order chi connectivity index (χ0) is 21.4. The number of halogens is 1. The third-order valence-corrected chi connectivity index (χ3v) is 5.49. The number of aliphatic imine (C=N–C) groups is 1. The van der Waals surface area contributed by atoms with Crippen LogP contribution in [0.4, 0.5) is 0 Å². The van der Waals surface area contributed by atoms with Crippen LogP contribution >= 0.6 is 35.3 Å². The molecule has 0 spiro atoms. The van der Waals surface area contributed by atoms with Gasteiger partial charge < -0.3 is 20.3 Å². The van der Waals surface area contributed by atoms with Gasteiger partial charge in [0.25, 0.3) is 0 Å². The van der Waals surface area contributed by atoms with E-state index in [1.165, 1.54) is 22.5 Å². The van der Waals surface area contributed by atoms with Crippen molar-refractivity contribution in [3.05, 3.63) is 51.0 Å². The lowest BCUT2D eigenvalue weighted by molar-refractivity contribution is 0.0531. The van der Waals surface area contributed by atoms with Crippen molar-refractivity contribution < 1.29 is 9.53 Å². The summed E-state index contributed by atoms with van der Waals surface area (Å²) in [6.45, 7) is 7.55. The van der Waals surface area contributed by atoms with Gasteiger partial charge in [0, 0.05) is 20.1 Å². The van der Waals surface area contributed by atoms with E-state index in [4.69, 9.17) is 4.74 Å². The minimum atomic E-state index is -0.318. The van der Waals surface area contributed by atoms with Gasteiger partial charge in [-0.2, -0.15) is 0 Å². The largest absolute Gasteiger partial charge is 0.462 e. The lowest BCUT2D eigenvalue weighted by Crippen LogP contribution is -2.38. The Kier molecular flexibility index (Phi) is 11.3. The minimum absolute atomic E-state index is 0. The second-order valence-electron chi connectivity index (χ2n) is 7.04. The highest BCUT2D eigenvalue weighted by Gasteiger charge is 2.20. The molecule has 7 nitrogen and oxygen atoms in total. The summed E-state index contributed by atoms with van der Waals surface area (Å²) in [5.74, 6) is 0.363. The van der Waals surface area contributed by atoms with Crippen molar-refractivity contribution in [2.45, 2.75) is 39.9 Å². The number of hydrogen-bond acceptors (Lipinski definition) is 6. The maximum absolute atomic E-state index is 12.0. The molecule has 1 heterocycles. The molecule has 0 aliphatic rings. The Bertz CT molecular complexity index is 854. The first-order valence-corrected chi connectivity index (χ1v) is 10.5. The van der Waals surface area contributed by atoms with Gasteiger partial charge in [0.1, 0.15) is 9.88 Å². The smallest absolute Gasteiger partial charge is 0.350 e. The first-order valence-electron chi connectivity index (χ1n) is 9.68. The number of ether oxygens (including phenoxy) is 1. The number of hydrogen-bond donors (Lipinski definition) is 2. The summed E-state index contributed by atoms with van der Waals surface area (Å²) in [5.41, 5.74) is 3.16. The fourth-order valence-electron chi connectivity index (χ4n) is 2.84. The Morgan fingerprint density at radius 1 is 1.33 bits per heavy atom. The van der Waals surface area contributed by atoms with Crippen molar-refractivity contribution in [3.63, 3.8) is 0 Å². The highest BCUT2D eigenvalue weighted by atomic mass is 127. The van der Waals surface area contributed by atoms with Crippen LogP contribution in [0.25, 0.3) is 0 Å². The number of rotatable bonds is 8. The van der Waals surface area contributed by atoms with Crippen molar-refractivity contribution in [3.8, 4) is 0 Å². The molecule has 0 amide bonds.